The third kappa shape index (κ3) is 1.00. The van der Waals surface area contributed by atoms with Crippen molar-refractivity contribution in [2.45, 2.75) is 6.42 Å². The molecule has 3 heterocycles. The largest absolute Gasteiger partial charge is 0.370 e. The summed E-state index contributed by atoms with van der Waals surface area (Å²) in [5.41, 5.74) is 3.76. The number of nitrogens with one attached hydrogen (secondary N) is 1. The molecule has 0 radical (unpaired) electrons. The van der Waals surface area contributed by atoms with Crippen LogP contribution < -0.4 is 5.32 Å². The molecule has 3 nitrogen and oxygen atoms in total. The fraction of sp³-hybridized carbons (Fsp3) is 0.300. The van der Waals surface area contributed by atoms with Gasteiger partial charge in [0.05, 0.1) is 5.69 Å². The van der Waals surface area contributed by atoms with Gasteiger partial charge in [-0.25, -0.2) is 0 Å². The Morgan fingerprint density at radius 2 is 2.50 bits per heavy atom. The fourth-order valence-corrected chi connectivity index (χ4v) is 2.60. The van der Waals surface area contributed by atoms with E-state index >= 15 is 0 Å². The van der Waals surface area contributed by atoms with E-state index in [1.807, 2.05) is 11.7 Å². The first-order valence-electron chi connectivity index (χ1n) is 4.68. The lowest BCUT2D eigenvalue weighted by Crippen LogP contribution is -2.01. The molecular weight excluding hydrogens is 194 g/mol. The van der Waals surface area contributed by atoms with Gasteiger partial charge in [-0.15, -0.1) is 0 Å². The summed E-state index contributed by atoms with van der Waals surface area (Å²) < 4.78 is 1.94. The standard InChI is InChI=1S/C10H11N3S/c1-13-10-8(2-4-11-10)9(12-13)7-3-5-14-6-7/h3,5-6,11H,2,4H2,1H3. The van der Waals surface area contributed by atoms with Gasteiger partial charge in [0.25, 0.3) is 0 Å². The highest BCUT2D eigenvalue weighted by atomic mass is 32.1. The normalized spacial score (nSPS) is 14.1. The summed E-state index contributed by atoms with van der Waals surface area (Å²) in [5.74, 6) is 1.19. The van der Waals surface area contributed by atoms with Crippen molar-refractivity contribution < 1.29 is 0 Å². The van der Waals surface area contributed by atoms with Crippen LogP contribution >= 0.6 is 11.3 Å². The second-order valence-electron chi connectivity index (χ2n) is 3.49. The van der Waals surface area contributed by atoms with Gasteiger partial charge in [0.2, 0.25) is 0 Å². The van der Waals surface area contributed by atoms with Crippen molar-refractivity contribution in [3.05, 3.63) is 22.4 Å². The average Bonchev–Trinajstić information content (AvgIpc) is 2.84. The summed E-state index contributed by atoms with van der Waals surface area (Å²) in [5, 5.41) is 12.1. The molecule has 0 spiro atoms. The summed E-state index contributed by atoms with van der Waals surface area (Å²) in [6.45, 7) is 1.04. The summed E-state index contributed by atoms with van der Waals surface area (Å²) >= 11 is 1.72. The Labute approximate surface area is 86.4 Å². The maximum atomic E-state index is 4.54. The zero-order valence-electron chi connectivity index (χ0n) is 7.95. The summed E-state index contributed by atoms with van der Waals surface area (Å²) in [6.07, 6.45) is 1.09. The smallest absolute Gasteiger partial charge is 0.127 e. The summed E-state index contributed by atoms with van der Waals surface area (Å²) in [7, 11) is 1.99. The van der Waals surface area contributed by atoms with E-state index in [0.29, 0.717) is 0 Å². The van der Waals surface area contributed by atoms with Crippen molar-refractivity contribution >= 4 is 17.2 Å². The Hall–Kier alpha value is -1.29. The highest BCUT2D eigenvalue weighted by Crippen LogP contribution is 2.32. The number of hydrogen-bond donors (Lipinski definition) is 1. The van der Waals surface area contributed by atoms with Crippen molar-refractivity contribution in [2.24, 2.45) is 7.05 Å². The monoisotopic (exact) mass is 205 g/mol. The van der Waals surface area contributed by atoms with Crippen LogP contribution in [0.1, 0.15) is 5.56 Å². The maximum absolute atomic E-state index is 4.54. The van der Waals surface area contributed by atoms with E-state index in [-0.39, 0.29) is 0 Å². The Kier molecular flexibility index (Phi) is 1.64. The summed E-state index contributed by atoms with van der Waals surface area (Å²) in [6, 6.07) is 2.13. The Bertz CT molecular complexity index is 456. The molecule has 0 saturated heterocycles. The number of aromatic nitrogens is 2. The van der Waals surface area contributed by atoms with Gasteiger partial charge < -0.3 is 5.32 Å². The van der Waals surface area contributed by atoms with Crippen LogP contribution in [0.3, 0.4) is 0 Å². The average molecular weight is 205 g/mol. The third-order valence-corrected chi connectivity index (χ3v) is 3.29. The number of hydrogen-bond acceptors (Lipinski definition) is 3. The molecule has 0 bridgehead atoms. The van der Waals surface area contributed by atoms with Gasteiger partial charge in [-0.1, -0.05) is 0 Å². The van der Waals surface area contributed by atoms with E-state index in [1.54, 1.807) is 11.3 Å². The highest BCUT2D eigenvalue weighted by Gasteiger charge is 2.21. The second kappa shape index (κ2) is 2.85. The molecule has 0 saturated carbocycles. The zero-order chi connectivity index (χ0) is 9.54. The molecular formula is C10H11N3S. The lowest BCUT2D eigenvalue weighted by molar-refractivity contribution is 0.776. The van der Waals surface area contributed by atoms with Gasteiger partial charge in [0.15, 0.2) is 0 Å². The predicted molar refractivity (Wildman–Crippen MR) is 58.7 cm³/mol. The maximum Gasteiger partial charge on any atom is 0.127 e. The molecule has 0 fully saturated rings. The minimum absolute atomic E-state index is 1.04. The molecule has 0 aliphatic carbocycles. The Morgan fingerprint density at radius 3 is 3.29 bits per heavy atom. The van der Waals surface area contributed by atoms with E-state index in [1.165, 1.54) is 16.9 Å². The van der Waals surface area contributed by atoms with Crippen LogP contribution in [0.5, 0.6) is 0 Å². The quantitative estimate of drug-likeness (QED) is 0.772. The van der Waals surface area contributed by atoms with Gasteiger partial charge in [0, 0.05) is 30.1 Å². The first kappa shape index (κ1) is 8.05. The molecule has 2 aromatic rings. The minimum atomic E-state index is 1.04. The van der Waals surface area contributed by atoms with Crippen LogP contribution in [0, 0.1) is 0 Å². The van der Waals surface area contributed by atoms with E-state index in [0.717, 1.165) is 18.7 Å². The molecule has 1 aliphatic rings. The number of rotatable bonds is 1. The Morgan fingerprint density at radius 1 is 1.57 bits per heavy atom. The van der Waals surface area contributed by atoms with E-state index in [4.69, 9.17) is 0 Å². The minimum Gasteiger partial charge on any atom is -0.370 e. The molecule has 0 amide bonds. The van der Waals surface area contributed by atoms with Crippen molar-refractivity contribution in [1.29, 1.82) is 0 Å². The van der Waals surface area contributed by atoms with Gasteiger partial charge in [-0.3, -0.25) is 4.68 Å². The zero-order valence-corrected chi connectivity index (χ0v) is 8.77. The number of nitrogens with zero attached hydrogens (tertiary/aromatic N) is 2. The molecule has 14 heavy (non-hydrogen) atoms. The Balaban J connectivity index is 2.20. The van der Waals surface area contributed by atoms with Crippen LogP contribution in [0.25, 0.3) is 11.3 Å². The molecule has 1 aliphatic heterocycles. The number of fused-ring (bicyclic) bond motifs is 1. The predicted octanol–water partition coefficient (Wildman–Crippen LogP) is 2.12. The SMILES string of the molecule is Cn1nc(-c2ccsc2)c2c1NCC2. The van der Waals surface area contributed by atoms with Gasteiger partial charge in [0.1, 0.15) is 5.82 Å². The van der Waals surface area contributed by atoms with Crippen LogP contribution in [0.2, 0.25) is 0 Å². The summed E-state index contributed by atoms with van der Waals surface area (Å²) in [4.78, 5) is 0. The second-order valence-corrected chi connectivity index (χ2v) is 4.27. The van der Waals surface area contributed by atoms with Crippen molar-refractivity contribution in [2.75, 3.05) is 11.9 Å². The fourth-order valence-electron chi connectivity index (χ4n) is 1.96. The molecule has 2 aromatic heterocycles. The lowest BCUT2D eigenvalue weighted by Gasteiger charge is -1.96. The van der Waals surface area contributed by atoms with Crippen LogP contribution in [0.15, 0.2) is 16.8 Å². The molecule has 1 N–H and O–H groups in total. The lowest BCUT2D eigenvalue weighted by atomic mass is 10.1. The van der Waals surface area contributed by atoms with Crippen molar-refractivity contribution in [1.82, 2.24) is 9.78 Å². The first-order chi connectivity index (χ1) is 6.86. The van der Waals surface area contributed by atoms with Crippen molar-refractivity contribution in [3.8, 4) is 11.3 Å². The van der Waals surface area contributed by atoms with Gasteiger partial charge in [-0.2, -0.15) is 16.4 Å². The van der Waals surface area contributed by atoms with Crippen LogP contribution in [-0.2, 0) is 13.5 Å². The van der Waals surface area contributed by atoms with Crippen LogP contribution in [-0.4, -0.2) is 16.3 Å². The molecule has 4 heteroatoms. The number of aryl methyl sites for hydroxylation is 1. The molecule has 0 aromatic carbocycles. The third-order valence-electron chi connectivity index (χ3n) is 2.61. The first-order valence-corrected chi connectivity index (χ1v) is 5.63. The molecule has 0 unspecified atom stereocenters. The topological polar surface area (TPSA) is 29.9 Å². The van der Waals surface area contributed by atoms with Gasteiger partial charge >= 0.3 is 0 Å². The van der Waals surface area contributed by atoms with Crippen LogP contribution in [0.4, 0.5) is 5.82 Å². The molecule has 0 atom stereocenters. The molecule has 72 valence electrons. The van der Waals surface area contributed by atoms with Crippen molar-refractivity contribution in [3.63, 3.8) is 0 Å². The highest BCUT2D eigenvalue weighted by molar-refractivity contribution is 7.08. The number of thiophene rings is 1. The van der Waals surface area contributed by atoms with E-state index in [9.17, 15) is 0 Å². The molecule has 3 rings (SSSR count). The number of anilines is 1. The van der Waals surface area contributed by atoms with E-state index < -0.39 is 0 Å². The van der Waals surface area contributed by atoms with E-state index in [2.05, 4.69) is 27.2 Å². The van der Waals surface area contributed by atoms with Gasteiger partial charge in [-0.05, 0) is 17.9 Å².